The van der Waals surface area contributed by atoms with Crippen molar-refractivity contribution in [2.75, 3.05) is 0 Å². The Morgan fingerprint density at radius 3 is 2.93 bits per heavy atom. The van der Waals surface area contributed by atoms with E-state index in [1.165, 1.54) is 0 Å². The van der Waals surface area contributed by atoms with Crippen LogP contribution in [0.5, 0.6) is 11.6 Å². The predicted molar refractivity (Wildman–Crippen MR) is 54.3 cm³/mol. The van der Waals surface area contributed by atoms with Gasteiger partial charge in [-0.15, -0.1) is 0 Å². The van der Waals surface area contributed by atoms with Gasteiger partial charge in [0, 0.05) is 12.3 Å². The number of benzene rings is 1. The molecule has 0 spiro atoms. The van der Waals surface area contributed by atoms with Crippen LogP contribution < -0.4 is 4.74 Å². The van der Waals surface area contributed by atoms with E-state index in [2.05, 4.69) is 11.1 Å². The molecule has 14 heavy (non-hydrogen) atoms. The zero-order valence-corrected chi connectivity index (χ0v) is 7.90. The molecule has 2 nitrogen and oxygen atoms in total. The lowest BCUT2D eigenvalue weighted by atomic mass is 10.2. The van der Waals surface area contributed by atoms with Crippen molar-refractivity contribution >= 4 is 0 Å². The molecule has 1 aromatic heterocycles. The molecule has 0 bridgehead atoms. The van der Waals surface area contributed by atoms with Crippen LogP contribution in [-0.2, 0) is 0 Å². The van der Waals surface area contributed by atoms with Gasteiger partial charge in [-0.2, -0.15) is 0 Å². The third-order valence-electron chi connectivity index (χ3n) is 1.78. The third kappa shape index (κ3) is 2.10. The van der Waals surface area contributed by atoms with Crippen molar-refractivity contribution in [3.8, 4) is 11.6 Å². The summed E-state index contributed by atoms with van der Waals surface area (Å²) in [4.78, 5) is 4.07. The topological polar surface area (TPSA) is 22.1 Å². The van der Waals surface area contributed by atoms with Crippen LogP contribution in [-0.4, -0.2) is 4.98 Å². The maximum atomic E-state index is 5.53. The minimum absolute atomic E-state index is 0.609. The number of nitrogens with zero attached hydrogens (tertiary/aromatic N) is 1. The Hall–Kier alpha value is -1.83. The van der Waals surface area contributed by atoms with Crippen molar-refractivity contribution in [2.24, 2.45) is 0 Å². The first kappa shape index (κ1) is 8.75. The van der Waals surface area contributed by atoms with Gasteiger partial charge in [0.15, 0.2) is 0 Å². The average molecular weight is 184 g/mol. The molecule has 1 radical (unpaired) electrons. The molecule has 0 aliphatic carbocycles. The normalized spacial score (nSPS) is 9.79. The number of rotatable bonds is 2. The van der Waals surface area contributed by atoms with Crippen molar-refractivity contribution in [3.63, 3.8) is 0 Å². The summed E-state index contributed by atoms with van der Waals surface area (Å²) in [7, 11) is 0. The molecule has 0 atom stereocenters. The van der Waals surface area contributed by atoms with E-state index in [4.69, 9.17) is 4.74 Å². The van der Waals surface area contributed by atoms with Crippen LogP contribution in [0.1, 0.15) is 5.56 Å². The third-order valence-corrected chi connectivity index (χ3v) is 1.78. The van der Waals surface area contributed by atoms with Crippen molar-refractivity contribution in [1.82, 2.24) is 4.98 Å². The quantitative estimate of drug-likeness (QED) is 0.715. The van der Waals surface area contributed by atoms with E-state index in [1.54, 1.807) is 6.20 Å². The van der Waals surface area contributed by atoms with E-state index < -0.39 is 0 Å². The fourth-order valence-corrected chi connectivity index (χ4v) is 1.15. The van der Waals surface area contributed by atoms with Crippen LogP contribution in [0.15, 0.2) is 42.6 Å². The molecule has 0 N–H and O–H groups in total. The summed E-state index contributed by atoms with van der Waals surface area (Å²) in [5.74, 6) is 1.40. The molecule has 2 aromatic rings. The molecule has 1 aromatic carbocycles. The Kier molecular flexibility index (Phi) is 2.45. The van der Waals surface area contributed by atoms with E-state index in [1.807, 2.05) is 43.3 Å². The Morgan fingerprint density at radius 1 is 1.29 bits per heavy atom. The van der Waals surface area contributed by atoms with Gasteiger partial charge in [0.05, 0.1) is 0 Å². The Bertz CT molecular complexity index is 412. The molecule has 0 amide bonds. The molecule has 0 fully saturated rings. The molecule has 2 heteroatoms. The van der Waals surface area contributed by atoms with E-state index in [-0.39, 0.29) is 0 Å². The second-order valence-corrected chi connectivity index (χ2v) is 2.98. The molecule has 2 rings (SSSR count). The van der Waals surface area contributed by atoms with Gasteiger partial charge < -0.3 is 4.74 Å². The van der Waals surface area contributed by atoms with E-state index in [9.17, 15) is 0 Å². The van der Waals surface area contributed by atoms with Crippen molar-refractivity contribution in [1.29, 1.82) is 0 Å². The number of ether oxygens (including phenoxy) is 1. The summed E-state index contributed by atoms with van der Waals surface area (Å²) in [5.41, 5.74) is 1.05. The summed E-state index contributed by atoms with van der Waals surface area (Å²) in [6.45, 7) is 1.98. The van der Waals surface area contributed by atoms with Gasteiger partial charge in [-0.25, -0.2) is 4.98 Å². The summed E-state index contributed by atoms with van der Waals surface area (Å²) in [6, 6.07) is 14.3. The lowest BCUT2D eigenvalue weighted by Crippen LogP contribution is -1.86. The molecule has 1 heterocycles. The Labute approximate surface area is 83.2 Å². The predicted octanol–water partition coefficient (Wildman–Crippen LogP) is 2.98. The number of pyridine rings is 1. The van der Waals surface area contributed by atoms with Gasteiger partial charge in [-0.3, -0.25) is 0 Å². The SMILES string of the molecule is Cc1[c]ccc(Oc2ccccn2)c1. The fraction of sp³-hybridized carbons (Fsp3) is 0.0833. The first-order chi connectivity index (χ1) is 6.84. The van der Waals surface area contributed by atoms with Crippen molar-refractivity contribution in [2.45, 2.75) is 6.92 Å². The highest BCUT2D eigenvalue weighted by Crippen LogP contribution is 2.18. The Morgan fingerprint density at radius 2 is 2.21 bits per heavy atom. The maximum absolute atomic E-state index is 5.53. The van der Waals surface area contributed by atoms with Crippen molar-refractivity contribution < 1.29 is 4.74 Å². The summed E-state index contributed by atoms with van der Waals surface area (Å²) in [6.07, 6.45) is 1.71. The molecule has 0 saturated carbocycles. The zero-order chi connectivity index (χ0) is 9.80. The Balaban J connectivity index is 2.19. The standard InChI is InChI=1S/C12H10NO/c1-10-5-4-6-11(9-10)14-12-7-2-3-8-13-12/h2-4,6-9H,1H3. The molecule has 0 aliphatic heterocycles. The molecule has 0 unspecified atom stereocenters. The van der Waals surface area contributed by atoms with E-state index in [0.717, 1.165) is 11.3 Å². The number of aryl methyl sites for hydroxylation is 1. The number of hydrogen-bond donors (Lipinski definition) is 0. The zero-order valence-electron chi connectivity index (χ0n) is 7.90. The van der Waals surface area contributed by atoms with Gasteiger partial charge in [-0.05, 0) is 36.8 Å². The van der Waals surface area contributed by atoms with Gasteiger partial charge >= 0.3 is 0 Å². The highest BCUT2D eigenvalue weighted by molar-refractivity contribution is 5.29. The van der Waals surface area contributed by atoms with Crippen LogP contribution in [0, 0.1) is 13.0 Å². The highest BCUT2D eigenvalue weighted by Gasteiger charge is 1.96. The largest absolute Gasteiger partial charge is 0.439 e. The first-order valence-corrected chi connectivity index (χ1v) is 4.42. The monoisotopic (exact) mass is 184 g/mol. The molecular formula is C12H10NO. The second-order valence-electron chi connectivity index (χ2n) is 2.98. The molecule has 0 aliphatic rings. The van der Waals surface area contributed by atoms with Crippen LogP contribution in [0.4, 0.5) is 0 Å². The fourth-order valence-electron chi connectivity index (χ4n) is 1.15. The van der Waals surface area contributed by atoms with Gasteiger partial charge in [0.25, 0.3) is 0 Å². The number of aromatic nitrogens is 1. The lowest BCUT2D eigenvalue weighted by Gasteiger charge is -2.03. The van der Waals surface area contributed by atoms with Gasteiger partial charge in [-0.1, -0.05) is 12.1 Å². The summed E-state index contributed by atoms with van der Waals surface area (Å²) >= 11 is 0. The van der Waals surface area contributed by atoms with Crippen molar-refractivity contribution in [3.05, 3.63) is 54.2 Å². The highest BCUT2D eigenvalue weighted by atomic mass is 16.5. The van der Waals surface area contributed by atoms with Gasteiger partial charge in [0.1, 0.15) is 5.75 Å². The van der Waals surface area contributed by atoms with Gasteiger partial charge in [0.2, 0.25) is 5.88 Å². The smallest absolute Gasteiger partial charge is 0.219 e. The minimum Gasteiger partial charge on any atom is -0.439 e. The lowest BCUT2D eigenvalue weighted by molar-refractivity contribution is 0.462. The summed E-state index contributed by atoms with van der Waals surface area (Å²) < 4.78 is 5.53. The molecule has 69 valence electrons. The molecular weight excluding hydrogens is 174 g/mol. The van der Waals surface area contributed by atoms with Crippen LogP contribution >= 0.6 is 0 Å². The van der Waals surface area contributed by atoms with Crippen LogP contribution in [0.3, 0.4) is 0 Å². The average Bonchev–Trinajstić information content (AvgIpc) is 2.19. The first-order valence-electron chi connectivity index (χ1n) is 4.42. The van der Waals surface area contributed by atoms with E-state index >= 15 is 0 Å². The van der Waals surface area contributed by atoms with Crippen LogP contribution in [0.25, 0.3) is 0 Å². The maximum Gasteiger partial charge on any atom is 0.219 e. The minimum atomic E-state index is 0.609. The van der Waals surface area contributed by atoms with E-state index in [0.29, 0.717) is 5.88 Å². The number of hydrogen-bond acceptors (Lipinski definition) is 2. The summed E-state index contributed by atoms with van der Waals surface area (Å²) in [5, 5.41) is 0. The second kappa shape index (κ2) is 3.92. The molecule has 0 saturated heterocycles. The van der Waals surface area contributed by atoms with Crippen LogP contribution in [0.2, 0.25) is 0 Å².